The number of carbonyl (C=O) groups is 5. The number of likely N-dealkylation sites (tertiary alicyclic amines) is 2. The van der Waals surface area contributed by atoms with E-state index in [9.17, 15) is 24.0 Å². The third-order valence-corrected chi connectivity index (χ3v) is 17.3. The van der Waals surface area contributed by atoms with Crippen molar-refractivity contribution in [3.8, 4) is 50.6 Å². The molecule has 592 valence electrons. The van der Waals surface area contributed by atoms with E-state index in [1.807, 2.05) is 126 Å². The van der Waals surface area contributed by atoms with Gasteiger partial charge in [0.05, 0.1) is 97.2 Å². The molecule has 0 saturated carbocycles. The first-order chi connectivity index (χ1) is 51.7. The number of hydrogen-bond donors (Lipinski definition) is 8. The Morgan fingerprint density at radius 3 is 1.13 bits per heavy atom. The minimum absolute atomic E-state index is 0. The van der Waals surface area contributed by atoms with Crippen molar-refractivity contribution in [2.45, 2.75) is 172 Å². The van der Waals surface area contributed by atoms with Crippen molar-refractivity contribution < 1.29 is 52.8 Å². The molecule has 0 radical (unpaired) electrons. The Labute approximate surface area is 651 Å². The van der Waals surface area contributed by atoms with E-state index in [4.69, 9.17) is 34.5 Å². The zero-order valence-corrected chi connectivity index (χ0v) is 63.1. The molecule has 3 aliphatic rings. The Morgan fingerprint density at radius 2 is 0.784 bits per heavy atom. The molecule has 0 aliphatic carbocycles. The highest BCUT2D eigenvalue weighted by Gasteiger charge is 2.37. The van der Waals surface area contributed by atoms with Gasteiger partial charge in [0, 0.05) is 67.0 Å². The van der Waals surface area contributed by atoms with Crippen molar-refractivity contribution >= 4 is 81.9 Å². The standard InChI is InChI=1S/C28H34N6O4.C23H26N6O2.C17H17N5O.C11H19NO4.3CH4/c1-18-23(33-25(35)24-8-6-7-13-34(24)27(36)38-28(2,3)4)14-21(17-29-18)32-26-30-15-20(16-31-26)19-9-11-22(37-5)12-10-19;1-15-21(29-22(30)20-5-3-4-10-24-20)11-18(14-25-15)28-23-26-12-17(13-27-23)16-6-8-19(31-2)9-7-16;1-11-16(18)7-14(10-19-11)22-17-20-8-13(9-21-17)12-3-5-15(23-2)6-4-12;1-11(2,3)16-10(15)12-7-5-4-6-8(12)9(13)14;;;/h9-12,14-17,24H,6-8,13H2,1-5H3,(H,33,35)(H,30,31,32);6-9,11-14,20,24H,3-5,10H2,1-2H3,(H,29,30)(H,26,27,28);3-10H,18H2,1-2H3,(H,20,21,22);8H,4-7H2,1-3H3,(H,13,14);3*1H4. The molecule has 3 unspecified atom stereocenters. The van der Waals surface area contributed by atoms with Crippen molar-refractivity contribution in [2.75, 3.05) is 73.3 Å². The van der Waals surface area contributed by atoms with Crippen LogP contribution in [0.1, 0.15) is 139 Å². The molecule has 9 heterocycles. The van der Waals surface area contributed by atoms with Crippen LogP contribution in [0, 0.1) is 20.8 Å². The molecular weight excluding hydrogens is 1410 g/mol. The lowest BCUT2D eigenvalue weighted by Gasteiger charge is -2.35. The fourth-order valence-corrected chi connectivity index (χ4v) is 11.4. The number of carboxylic acid groups (broad SMARTS) is 1. The number of piperidine rings is 3. The van der Waals surface area contributed by atoms with E-state index in [0.717, 1.165) is 119 Å². The lowest BCUT2D eigenvalue weighted by molar-refractivity contribution is -0.144. The lowest BCUT2D eigenvalue weighted by atomic mass is 10.0. The average Bonchev–Trinajstić information content (AvgIpc) is 0.829. The number of carbonyl (C=O) groups excluding carboxylic acids is 4. The van der Waals surface area contributed by atoms with Crippen LogP contribution in [0.25, 0.3) is 33.4 Å². The zero-order chi connectivity index (χ0) is 77.5. The van der Waals surface area contributed by atoms with E-state index in [1.165, 1.54) is 9.80 Å². The quantitative estimate of drug-likeness (QED) is 0.0420. The number of benzene rings is 3. The highest BCUT2D eigenvalue weighted by Crippen LogP contribution is 2.30. The molecule has 3 aliphatic heterocycles. The third-order valence-electron chi connectivity index (χ3n) is 17.3. The van der Waals surface area contributed by atoms with E-state index in [1.54, 1.807) is 104 Å². The number of carboxylic acids is 1. The number of ether oxygens (including phenoxy) is 5. The molecule has 111 heavy (non-hydrogen) atoms. The molecule has 4 amide bonds. The second-order valence-electron chi connectivity index (χ2n) is 27.7. The summed E-state index contributed by atoms with van der Waals surface area (Å²) in [5, 5.41) is 27.6. The van der Waals surface area contributed by atoms with E-state index in [0.29, 0.717) is 77.9 Å². The molecule has 9 aromatic rings. The summed E-state index contributed by atoms with van der Waals surface area (Å²) >= 11 is 0. The number of nitrogens with two attached hydrogens (primary N) is 1. The highest BCUT2D eigenvalue weighted by atomic mass is 16.6. The second-order valence-corrected chi connectivity index (χ2v) is 27.7. The Balaban J connectivity index is 0.000000238. The number of anilines is 9. The zero-order valence-electron chi connectivity index (χ0n) is 63.1. The molecule has 3 atom stereocenters. The van der Waals surface area contributed by atoms with Gasteiger partial charge < -0.3 is 66.4 Å². The van der Waals surface area contributed by atoms with Crippen LogP contribution in [-0.4, -0.2) is 160 Å². The number of rotatable bonds is 17. The summed E-state index contributed by atoms with van der Waals surface area (Å²) in [5.41, 5.74) is 16.5. The molecule has 3 saturated heterocycles. The number of nitrogen functional groups attached to an aromatic ring is 1. The van der Waals surface area contributed by atoms with Crippen molar-refractivity contribution in [1.82, 2.24) is 60.0 Å². The van der Waals surface area contributed by atoms with Crippen LogP contribution >= 0.6 is 0 Å². The van der Waals surface area contributed by atoms with Crippen molar-refractivity contribution in [3.05, 3.63) is 164 Å². The molecular formula is C82H108N18O11. The number of aryl methyl sites for hydroxylation is 3. The topological polar surface area (TPSA) is 372 Å². The maximum atomic E-state index is 13.2. The van der Waals surface area contributed by atoms with Gasteiger partial charge in [0.1, 0.15) is 40.5 Å². The normalized spacial score (nSPS) is 15.0. The SMILES string of the molecule is C.C.C.CC(C)(C)OC(=O)N1CCCCC1C(=O)O.COc1ccc(-c2cnc(Nc3cnc(C)c(N)c3)nc2)cc1.COc1ccc(-c2cnc(Nc3cnc(C)c(NC(=O)C4CCCCN4)c3)nc2)cc1.COc1ccc(-c2cnc(Nc3cnc(C)c(NC(=O)C4CCCCN4C(=O)OC(C)(C)C)c3)nc2)cc1. The first-order valence-electron chi connectivity index (χ1n) is 35.6. The number of nitrogens with zero attached hydrogens (tertiary/aromatic N) is 11. The number of hydrogen-bond acceptors (Lipinski definition) is 24. The molecule has 3 aromatic carbocycles. The summed E-state index contributed by atoms with van der Waals surface area (Å²) in [6.45, 7) is 18.1. The molecule has 29 nitrogen and oxygen atoms in total. The Bertz CT molecular complexity index is 4460. The summed E-state index contributed by atoms with van der Waals surface area (Å²) in [6.07, 6.45) is 22.0. The molecule has 0 spiro atoms. The first-order valence-corrected chi connectivity index (χ1v) is 35.6. The number of pyridine rings is 3. The van der Waals surface area contributed by atoms with Crippen LogP contribution in [0.4, 0.5) is 61.6 Å². The van der Waals surface area contributed by atoms with Crippen LogP contribution in [0.3, 0.4) is 0 Å². The summed E-state index contributed by atoms with van der Waals surface area (Å²) in [4.78, 5) is 103. The van der Waals surface area contributed by atoms with Gasteiger partial charge >= 0.3 is 18.2 Å². The van der Waals surface area contributed by atoms with Gasteiger partial charge in [-0.1, -0.05) is 65.1 Å². The van der Waals surface area contributed by atoms with Gasteiger partial charge in [0.15, 0.2) is 0 Å². The summed E-state index contributed by atoms with van der Waals surface area (Å²) in [7, 11) is 4.91. The van der Waals surface area contributed by atoms with Gasteiger partial charge in [0.25, 0.3) is 0 Å². The van der Waals surface area contributed by atoms with Gasteiger partial charge in [0.2, 0.25) is 29.7 Å². The number of aromatic nitrogens is 9. The van der Waals surface area contributed by atoms with Crippen LogP contribution < -0.4 is 51.8 Å². The second kappa shape index (κ2) is 41.4. The van der Waals surface area contributed by atoms with Crippen molar-refractivity contribution in [1.29, 1.82) is 0 Å². The highest BCUT2D eigenvalue weighted by molar-refractivity contribution is 5.98. The predicted molar refractivity (Wildman–Crippen MR) is 435 cm³/mol. The van der Waals surface area contributed by atoms with E-state index in [2.05, 4.69) is 76.8 Å². The van der Waals surface area contributed by atoms with Gasteiger partial charge in [-0.05, 0) is 192 Å². The van der Waals surface area contributed by atoms with Gasteiger partial charge in [-0.15, -0.1) is 0 Å². The maximum absolute atomic E-state index is 13.2. The van der Waals surface area contributed by atoms with Crippen LogP contribution in [0.5, 0.6) is 17.2 Å². The first kappa shape index (κ1) is 87.8. The maximum Gasteiger partial charge on any atom is 0.411 e. The smallest absolute Gasteiger partial charge is 0.411 e. The van der Waals surface area contributed by atoms with Crippen molar-refractivity contribution in [2.24, 2.45) is 0 Å². The minimum atomic E-state index is -0.953. The van der Waals surface area contributed by atoms with Crippen LogP contribution in [0.15, 0.2) is 147 Å². The molecule has 9 N–H and O–H groups in total. The number of methoxy groups -OCH3 is 3. The third kappa shape index (κ3) is 26.3. The average molecular weight is 1520 g/mol. The summed E-state index contributed by atoms with van der Waals surface area (Å²) in [6, 6.07) is 27.1. The fraction of sp³-hybridized carbons (Fsp3) is 0.390. The predicted octanol–water partition coefficient (Wildman–Crippen LogP) is 16.0. The molecule has 12 rings (SSSR count). The number of aliphatic carboxylic acids is 1. The minimum Gasteiger partial charge on any atom is -0.497 e. The Hall–Kier alpha value is -12.1. The van der Waals surface area contributed by atoms with Crippen LogP contribution in [0.2, 0.25) is 0 Å². The molecule has 0 bridgehead atoms. The fourth-order valence-electron chi connectivity index (χ4n) is 11.4. The van der Waals surface area contributed by atoms with E-state index >= 15 is 0 Å². The summed E-state index contributed by atoms with van der Waals surface area (Å²) < 4.78 is 26.3. The molecule has 6 aromatic heterocycles. The monoisotopic (exact) mass is 1520 g/mol. The van der Waals surface area contributed by atoms with Crippen molar-refractivity contribution in [3.63, 3.8) is 0 Å². The Morgan fingerprint density at radius 1 is 0.441 bits per heavy atom. The number of nitrogens with one attached hydrogen (secondary N) is 6. The Kier molecular flexibility index (Phi) is 32.8. The van der Waals surface area contributed by atoms with Gasteiger partial charge in [-0.3, -0.25) is 34.3 Å². The van der Waals surface area contributed by atoms with E-state index < -0.39 is 41.4 Å². The molecule has 29 heteroatoms. The largest absolute Gasteiger partial charge is 0.497 e. The number of amides is 4. The summed E-state index contributed by atoms with van der Waals surface area (Å²) in [5.74, 6) is 2.50. The van der Waals surface area contributed by atoms with Crippen LogP contribution in [-0.2, 0) is 23.9 Å². The van der Waals surface area contributed by atoms with E-state index in [-0.39, 0.29) is 40.1 Å². The van der Waals surface area contributed by atoms with Gasteiger partial charge in [-0.25, -0.2) is 44.3 Å². The van der Waals surface area contributed by atoms with Gasteiger partial charge in [-0.2, -0.15) is 0 Å². The molecule has 3 fully saturated rings. The lowest BCUT2D eigenvalue weighted by Crippen LogP contribution is -2.51.